The molecule has 0 aliphatic rings. The molecule has 0 N–H and O–H groups in total. The van der Waals surface area contributed by atoms with E-state index in [0.717, 1.165) is 17.1 Å². The largest absolute Gasteiger partial charge is 0.324 e. The summed E-state index contributed by atoms with van der Waals surface area (Å²) in [4.78, 5) is 5.85. The van der Waals surface area contributed by atoms with Gasteiger partial charge < -0.3 is 4.90 Å². The van der Waals surface area contributed by atoms with Crippen molar-refractivity contribution < 1.29 is 0 Å². The Labute approximate surface area is 188 Å². The van der Waals surface area contributed by atoms with Crippen molar-refractivity contribution in [3.05, 3.63) is 94.6 Å². The molecule has 3 nitrogen and oxygen atoms in total. The smallest absolute Gasteiger partial charge is 0.206 e. The molecule has 0 saturated heterocycles. The van der Waals surface area contributed by atoms with Crippen molar-refractivity contribution in [2.24, 2.45) is 0 Å². The minimum atomic E-state index is 0.0737. The first-order valence-electron chi connectivity index (χ1n) is 10.6. The molecule has 2 aromatic rings. The predicted octanol–water partition coefficient (Wildman–Crippen LogP) is 8.04. The summed E-state index contributed by atoms with van der Waals surface area (Å²) in [6.45, 7) is 22.8. The number of hydrogen-bond donors (Lipinski definition) is 0. The van der Waals surface area contributed by atoms with E-state index in [9.17, 15) is 0 Å². The van der Waals surface area contributed by atoms with Crippen LogP contribution in [0.1, 0.15) is 66.0 Å². The van der Waals surface area contributed by atoms with Crippen LogP contribution in [0.2, 0.25) is 0 Å². The lowest BCUT2D eigenvalue weighted by Crippen LogP contribution is -2.17. The van der Waals surface area contributed by atoms with Gasteiger partial charge in [-0.3, -0.25) is 0 Å². The first-order chi connectivity index (χ1) is 14.5. The van der Waals surface area contributed by atoms with Gasteiger partial charge in [0, 0.05) is 17.1 Å². The molecule has 3 heteroatoms. The van der Waals surface area contributed by atoms with Gasteiger partial charge in [-0.2, -0.15) is 5.26 Å². The Morgan fingerprint density at radius 1 is 0.903 bits per heavy atom. The van der Waals surface area contributed by atoms with Crippen LogP contribution in [0, 0.1) is 17.9 Å². The standard InChI is InChI=1S/C28H33N3/c1-21(26(30-8)11-9-10-20-29)31(24-16-12-22(13-17-24)27(2,3)4)25-18-14-23(15-19-25)28(5,6)7/h9,11-19H,10H2,1-7H3/b11-9-,26-21-. The molecular formula is C28H33N3. The van der Waals surface area contributed by atoms with Crippen molar-refractivity contribution in [2.45, 2.75) is 65.7 Å². The molecule has 2 rings (SSSR count). The highest BCUT2D eigenvalue weighted by atomic mass is 15.2. The molecule has 160 valence electrons. The highest BCUT2D eigenvalue weighted by molar-refractivity contribution is 5.70. The minimum absolute atomic E-state index is 0.0737. The number of allylic oxidation sites excluding steroid dienone is 3. The van der Waals surface area contributed by atoms with Crippen LogP contribution in [-0.4, -0.2) is 0 Å². The average molecular weight is 412 g/mol. The molecule has 0 atom stereocenters. The fourth-order valence-electron chi connectivity index (χ4n) is 3.33. The highest BCUT2D eigenvalue weighted by Crippen LogP contribution is 2.35. The van der Waals surface area contributed by atoms with E-state index in [1.807, 2.05) is 6.92 Å². The Balaban J connectivity index is 2.62. The van der Waals surface area contributed by atoms with Crippen molar-refractivity contribution in [1.29, 1.82) is 5.26 Å². The van der Waals surface area contributed by atoms with Crippen LogP contribution in [0.4, 0.5) is 11.4 Å². The number of anilines is 2. The van der Waals surface area contributed by atoms with Crippen molar-refractivity contribution in [3.8, 4) is 6.07 Å². The number of nitrogens with zero attached hydrogens (tertiary/aromatic N) is 3. The van der Waals surface area contributed by atoms with Crippen LogP contribution in [0.3, 0.4) is 0 Å². The number of benzene rings is 2. The molecule has 31 heavy (non-hydrogen) atoms. The molecule has 0 aliphatic heterocycles. The second-order valence-electron chi connectivity index (χ2n) is 9.78. The molecule has 0 heterocycles. The minimum Gasteiger partial charge on any atom is -0.324 e. The summed E-state index contributed by atoms with van der Waals surface area (Å²) in [5, 5.41) is 8.83. The Kier molecular flexibility index (Phi) is 7.48. The van der Waals surface area contributed by atoms with E-state index >= 15 is 0 Å². The number of rotatable bonds is 5. The Hall–Kier alpha value is -3.30. The lowest BCUT2D eigenvalue weighted by molar-refractivity contribution is 0.590. The lowest BCUT2D eigenvalue weighted by Gasteiger charge is -2.29. The third-order valence-electron chi connectivity index (χ3n) is 5.29. The van der Waals surface area contributed by atoms with Gasteiger partial charge in [0.25, 0.3) is 0 Å². The Morgan fingerprint density at radius 2 is 1.32 bits per heavy atom. The van der Waals surface area contributed by atoms with Crippen LogP contribution in [-0.2, 0) is 10.8 Å². The van der Waals surface area contributed by atoms with Gasteiger partial charge in [0.2, 0.25) is 5.70 Å². The van der Waals surface area contributed by atoms with Gasteiger partial charge in [-0.1, -0.05) is 78.0 Å². The first-order valence-corrected chi connectivity index (χ1v) is 10.6. The fourth-order valence-corrected chi connectivity index (χ4v) is 3.33. The molecule has 0 bridgehead atoms. The van der Waals surface area contributed by atoms with Gasteiger partial charge >= 0.3 is 0 Å². The molecule has 0 amide bonds. The topological polar surface area (TPSA) is 31.4 Å². The summed E-state index contributed by atoms with van der Waals surface area (Å²) in [5.41, 5.74) is 6.04. The maximum atomic E-state index is 8.83. The van der Waals surface area contributed by atoms with E-state index in [4.69, 9.17) is 11.8 Å². The SMILES string of the molecule is [C-]#[N+]C(/C=C\CC#N)=C(/C)N(c1ccc(C(C)(C)C)cc1)c1ccc(C(C)(C)C)cc1. The zero-order chi connectivity index (χ0) is 23.2. The van der Waals surface area contributed by atoms with Crippen molar-refractivity contribution in [3.63, 3.8) is 0 Å². The second-order valence-corrected chi connectivity index (χ2v) is 9.78. The molecular weight excluding hydrogens is 378 g/mol. The Bertz CT molecular complexity index is 969. The van der Waals surface area contributed by atoms with Crippen molar-refractivity contribution in [1.82, 2.24) is 0 Å². The van der Waals surface area contributed by atoms with Gasteiger partial charge in [0.1, 0.15) is 0 Å². The summed E-state index contributed by atoms with van der Waals surface area (Å²) in [5.74, 6) is 0. The zero-order valence-corrected chi connectivity index (χ0v) is 19.8. The lowest BCUT2D eigenvalue weighted by atomic mass is 9.86. The quantitative estimate of drug-likeness (QED) is 0.368. The molecule has 0 aromatic heterocycles. The third-order valence-corrected chi connectivity index (χ3v) is 5.29. The molecule has 0 fully saturated rings. The summed E-state index contributed by atoms with van der Waals surface area (Å²) >= 11 is 0. The normalized spacial score (nSPS) is 12.8. The van der Waals surface area contributed by atoms with E-state index < -0.39 is 0 Å². The summed E-state index contributed by atoms with van der Waals surface area (Å²) in [6, 6.07) is 19.2. The molecule has 0 unspecified atom stereocenters. The van der Waals surface area contributed by atoms with E-state index in [0.29, 0.717) is 5.70 Å². The Morgan fingerprint density at radius 3 is 1.65 bits per heavy atom. The van der Waals surface area contributed by atoms with Crippen LogP contribution in [0.15, 0.2) is 72.1 Å². The number of hydrogen-bond acceptors (Lipinski definition) is 2. The van der Waals surface area contributed by atoms with Crippen molar-refractivity contribution >= 4 is 11.4 Å². The van der Waals surface area contributed by atoms with E-state index in [2.05, 4.69) is 106 Å². The third kappa shape index (κ3) is 6.09. The van der Waals surface area contributed by atoms with Crippen LogP contribution in [0.25, 0.3) is 4.85 Å². The van der Waals surface area contributed by atoms with E-state index in [1.165, 1.54) is 11.1 Å². The maximum absolute atomic E-state index is 8.83. The fraction of sp³-hybridized carbons (Fsp3) is 0.357. The molecule has 0 saturated carbocycles. The van der Waals surface area contributed by atoms with Crippen molar-refractivity contribution in [2.75, 3.05) is 4.90 Å². The van der Waals surface area contributed by atoms with Gasteiger partial charge in [0.15, 0.2) is 0 Å². The van der Waals surface area contributed by atoms with Crippen LogP contribution in [0.5, 0.6) is 0 Å². The highest BCUT2D eigenvalue weighted by Gasteiger charge is 2.19. The average Bonchev–Trinajstić information content (AvgIpc) is 2.71. The van der Waals surface area contributed by atoms with Gasteiger partial charge in [-0.25, -0.2) is 4.85 Å². The second kappa shape index (κ2) is 9.67. The van der Waals surface area contributed by atoms with Crippen LogP contribution >= 0.6 is 0 Å². The molecule has 2 aromatic carbocycles. The van der Waals surface area contributed by atoms with E-state index in [1.54, 1.807) is 12.2 Å². The first kappa shape index (κ1) is 24.0. The van der Waals surface area contributed by atoms with Gasteiger partial charge in [-0.05, 0) is 53.1 Å². The maximum Gasteiger partial charge on any atom is 0.206 e. The van der Waals surface area contributed by atoms with Gasteiger partial charge in [0.05, 0.1) is 19.1 Å². The monoisotopic (exact) mass is 411 g/mol. The molecule has 0 radical (unpaired) electrons. The zero-order valence-electron chi connectivity index (χ0n) is 19.8. The molecule has 0 spiro atoms. The van der Waals surface area contributed by atoms with Crippen LogP contribution < -0.4 is 4.90 Å². The molecule has 0 aliphatic carbocycles. The predicted molar refractivity (Wildman–Crippen MR) is 131 cm³/mol. The number of nitriles is 1. The summed E-state index contributed by atoms with van der Waals surface area (Å²) in [6.07, 6.45) is 3.76. The van der Waals surface area contributed by atoms with E-state index in [-0.39, 0.29) is 17.3 Å². The summed E-state index contributed by atoms with van der Waals surface area (Å²) in [7, 11) is 0. The summed E-state index contributed by atoms with van der Waals surface area (Å²) < 4.78 is 0. The van der Waals surface area contributed by atoms with Gasteiger partial charge in [-0.15, -0.1) is 0 Å².